The van der Waals surface area contributed by atoms with Crippen LogP contribution in [-0.4, -0.2) is 40.4 Å². The van der Waals surface area contributed by atoms with Crippen molar-refractivity contribution in [3.8, 4) is 0 Å². The third kappa shape index (κ3) is 4.93. The van der Waals surface area contributed by atoms with Crippen LogP contribution in [0.2, 0.25) is 0 Å². The lowest BCUT2D eigenvalue weighted by molar-refractivity contribution is 0.0463. The number of ether oxygens (including phenoxy) is 1. The van der Waals surface area contributed by atoms with Gasteiger partial charge >= 0.3 is 0 Å². The summed E-state index contributed by atoms with van der Waals surface area (Å²) in [6.07, 6.45) is 8.26. The molecule has 4 nitrogen and oxygen atoms in total. The normalized spacial score (nSPS) is 19.8. The summed E-state index contributed by atoms with van der Waals surface area (Å²) in [4.78, 5) is 2.66. The van der Waals surface area contributed by atoms with Gasteiger partial charge in [0.25, 0.3) is 0 Å². The Bertz CT molecular complexity index is 623. The maximum Gasteiger partial charge on any atom is 0.126 e. The predicted octanol–water partition coefficient (Wildman–Crippen LogP) is 4.18. The van der Waals surface area contributed by atoms with Crippen molar-refractivity contribution in [3.63, 3.8) is 0 Å². The highest BCUT2D eigenvalue weighted by atomic mass is 16.5. The van der Waals surface area contributed by atoms with E-state index in [4.69, 9.17) is 4.74 Å². The summed E-state index contributed by atoms with van der Waals surface area (Å²) in [5.41, 5.74) is 2.16. The maximum atomic E-state index is 6.35. The van der Waals surface area contributed by atoms with E-state index in [0.717, 1.165) is 18.7 Å². The first kappa shape index (κ1) is 18.2. The number of aryl methyl sites for hydroxylation is 1. The van der Waals surface area contributed by atoms with Crippen LogP contribution in [0.1, 0.15) is 56.4 Å². The number of hydrogen-bond acceptors (Lipinski definition) is 3. The van der Waals surface area contributed by atoms with Gasteiger partial charge in [0.2, 0.25) is 0 Å². The largest absolute Gasteiger partial charge is 0.367 e. The van der Waals surface area contributed by atoms with Crippen LogP contribution in [0.5, 0.6) is 0 Å². The first-order valence-corrected chi connectivity index (χ1v) is 9.68. The van der Waals surface area contributed by atoms with Gasteiger partial charge in [-0.15, -0.1) is 0 Å². The van der Waals surface area contributed by atoms with Gasteiger partial charge in [-0.2, -0.15) is 5.10 Å². The van der Waals surface area contributed by atoms with Gasteiger partial charge in [-0.1, -0.05) is 43.7 Å². The average Bonchev–Trinajstić information content (AvgIpc) is 3.07. The highest BCUT2D eigenvalue weighted by Gasteiger charge is 2.23. The van der Waals surface area contributed by atoms with Gasteiger partial charge in [0.15, 0.2) is 0 Å². The van der Waals surface area contributed by atoms with Crippen LogP contribution in [0, 0.1) is 0 Å². The van der Waals surface area contributed by atoms with E-state index in [2.05, 4.69) is 47.3 Å². The van der Waals surface area contributed by atoms with E-state index in [0.29, 0.717) is 6.04 Å². The van der Waals surface area contributed by atoms with Gasteiger partial charge in [-0.05, 0) is 50.4 Å². The summed E-state index contributed by atoms with van der Waals surface area (Å²) in [7, 11) is 1.95. The Kier molecular flexibility index (Phi) is 6.65. The molecular weight excluding hydrogens is 310 g/mol. The van der Waals surface area contributed by atoms with Gasteiger partial charge in [-0.3, -0.25) is 4.68 Å². The molecule has 0 amide bonds. The molecule has 0 bridgehead atoms. The summed E-state index contributed by atoms with van der Waals surface area (Å²) in [6.45, 7) is 5.52. The Labute approximate surface area is 151 Å². The van der Waals surface area contributed by atoms with Crippen LogP contribution < -0.4 is 0 Å². The second kappa shape index (κ2) is 9.16. The Morgan fingerprint density at radius 2 is 2.04 bits per heavy atom. The van der Waals surface area contributed by atoms with Crippen LogP contribution in [0.15, 0.2) is 42.6 Å². The topological polar surface area (TPSA) is 30.3 Å². The first-order chi connectivity index (χ1) is 12.3. The van der Waals surface area contributed by atoms with Crippen molar-refractivity contribution in [1.82, 2.24) is 14.7 Å². The molecule has 0 aliphatic carbocycles. The van der Waals surface area contributed by atoms with Gasteiger partial charge < -0.3 is 9.64 Å². The lowest BCUT2D eigenvalue weighted by Gasteiger charge is -2.35. The fourth-order valence-electron chi connectivity index (χ4n) is 3.84. The van der Waals surface area contributed by atoms with Crippen molar-refractivity contribution in [2.75, 3.05) is 19.7 Å². The molecule has 1 aliphatic heterocycles. The second-order valence-electron chi connectivity index (χ2n) is 7.05. The number of likely N-dealkylation sites (tertiary alicyclic amines) is 1. The lowest BCUT2D eigenvalue weighted by atomic mass is 9.99. The molecule has 1 fully saturated rings. The van der Waals surface area contributed by atoms with E-state index in [1.165, 1.54) is 44.3 Å². The van der Waals surface area contributed by atoms with E-state index in [1.54, 1.807) is 0 Å². The van der Waals surface area contributed by atoms with E-state index >= 15 is 0 Å². The molecule has 2 atom stereocenters. The number of benzene rings is 1. The summed E-state index contributed by atoms with van der Waals surface area (Å²) >= 11 is 0. The van der Waals surface area contributed by atoms with Crippen molar-refractivity contribution < 1.29 is 4.74 Å². The molecule has 1 aliphatic rings. The Morgan fingerprint density at radius 1 is 1.20 bits per heavy atom. The third-order valence-corrected chi connectivity index (χ3v) is 5.10. The van der Waals surface area contributed by atoms with Crippen molar-refractivity contribution in [3.05, 3.63) is 53.9 Å². The van der Waals surface area contributed by atoms with E-state index < -0.39 is 0 Å². The monoisotopic (exact) mass is 341 g/mol. The average molecular weight is 341 g/mol. The van der Waals surface area contributed by atoms with Crippen LogP contribution in [0.3, 0.4) is 0 Å². The summed E-state index contributed by atoms with van der Waals surface area (Å²) in [6, 6.07) is 13.2. The zero-order valence-electron chi connectivity index (χ0n) is 15.6. The molecular formula is C21H31N3O. The van der Waals surface area contributed by atoms with Crippen molar-refractivity contribution in [1.29, 1.82) is 0 Å². The van der Waals surface area contributed by atoms with E-state index in [1.807, 2.05) is 24.0 Å². The molecule has 4 heteroatoms. The molecule has 1 aromatic carbocycles. The molecule has 0 N–H and O–H groups in total. The molecule has 2 heterocycles. The fraction of sp³-hybridized carbons (Fsp3) is 0.571. The molecule has 0 saturated carbocycles. The Hall–Kier alpha value is -1.65. The predicted molar refractivity (Wildman–Crippen MR) is 102 cm³/mol. The van der Waals surface area contributed by atoms with E-state index in [-0.39, 0.29) is 6.10 Å². The van der Waals surface area contributed by atoms with Gasteiger partial charge in [-0.25, -0.2) is 0 Å². The maximum absolute atomic E-state index is 6.35. The molecule has 3 rings (SSSR count). The van der Waals surface area contributed by atoms with Crippen molar-refractivity contribution in [2.24, 2.45) is 7.05 Å². The number of rotatable bonds is 8. The minimum absolute atomic E-state index is 0.0781. The number of piperidine rings is 1. The van der Waals surface area contributed by atoms with Crippen LogP contribution in [0.25, 0.3) is 0 Å². The minimum Gasteiger partial charge on any atom is -0.367 e. The zero-order valence-corrected chi connectivity index (χ0v) is 15.6. The minimum atomic E-state index is -0.0781. The smallest absolute Gasteiger partial charge is 0.126 e. The molecule has 25 heavy (non-hydrogen) atoms. The number of nitrogens with zero attached hydrogens (tertiary/aromatic N) is 3. The summed E-state index contributed by atoms with van der Waals surface area (Å²) < 4.78 is 8.20. The second-order valence-corrected chi connectivity index (χ2v) is 7.05. The molecule has 1 saturated heterocycles. The highest BCUT2D eigenvalue weighted by molar-refractivity contribution is 5.25. The summed E-state index contributed by atoms with van der Waals surface area (Å²) in [5, 5.41) is 4.58. The fourth-order valence-corrected chi connectivity index (χ4v) is 3.84. The van der Waals surface area contributed by atoms with Gasteiger partial charge in [0.05, 0.1) is 5.69 Å². The standard InChI is InChI=1S/C21H31N3O/c1-3-14-24-15-8-7-11-19(24)13-17-25-21(18-9-5-4-6-10-18)20-12-16-23(2)22-20/h4-6,9-10,12,16,19,21H,3,7-8,11,13-15,17H2,1-2H3/t19?,21-/m0/s1. The molecule has 2 aromatic rings. The quantitative estimate of drug-likeness (QED) is 0.721. The SMILES string of the molecule is CCCN1CCCCC1CCO[C@@H](c1ccccc1)c1ccn(C)n1. The highest BCUT2D eigenvalue weighted by Crippen LogP contribution is 2.26. The zero-order chi connectivity index (χ0) is 17.5. The number of hydrogen-bond donors (Lipinski definition) is 0. The van der Waals surface area contributed by atoms with Crippen molar-refractivity contribution in [2.45, 2.75) is 51.2 Å². The summed E-state index contributed by atoms with van der Waals surface area (Å²) in [5.74, 6) is 0. The molecule has 1 unspecified atom stereocenters. The Morgan fingerprint density at radius 3 is 2.76 bits per heavy atom. The molecule has 0 spiro atoms. The van der Waals surface area contributed by atoms with Crippen LogP contribution in [0.4, 0.5) is 0 Å². The van der Waals surface area contributed by atoms with E-state index in [9.17, 15) is 0 Å². The van der Waals surface area contributed by atoms with Crippen LogP contribution >= 0.6 is 0 Å². The Balaban J connectivity index is 1.63. The molecule has 136 valence electrons. The molecule has 1 aromatic heterocycles. The third-order valence-electron chi connectivity index (χ3n) is 5.10. The number of aromatic nitrogens is 2. The van der Waals surface area contributed by atoms with Crippen molar-refractivity contribution >= 4 is 0 Å². The lowest BCUT2D eigenvalue weighted by Crippen LogP contribution is -2.40. The van der Waals surface area contributed by atoms with Gasteiger partial charge in [0.1, 0.15) is 6.10 Å². The molecule has 0 radical (unpaired) electrons. The first-order valence-electron chi connectivity index (χ1n) is 9.68. The van der Waals surface area contributed by atoms with Gasteiger partial charge in [0, 0.05) is 25.9 Å². The van der Waals surface area contributed by atoms with Crippen LogP contribution in [-0.2, 0) is 11.8 Å².